The third-order valence-electron chi connectivity index (χ3n) is 6.88. The number of Topliss-reactive ketones (excluding diaryl/α,β-unsaturated/α-hetero) is 1. The fourth-order valence-corrected chi connectivity index (χ4v) is 4.68. The molecule has 0 saturated carbocycles. The Kier molecular flexibility index (Phi) is 10.8. The predicted octanol–water partition coefficient (Wildman–Crippen LogP) is 5.66. The molecule has 206 valence electrons. The maximum atomic E-state index is 13.3. The van der Waals surface area contributed by atoms with Gasteiger partial charge in [0.2, 0.25) is 0 Å². The third-order valence-corrected chi connectivity index (χ3v) is 6.88. The predicted molar refractivity (Wildman–Crippen MR) is 150 cm³/mol. The highest BCUT2D eigenvalue weighted by Crippen LogP contribution is 2.40. The Bertz CT molecular complexity index is 1110. The quantitative estimate of drug-likeness (QED) is 0.196. The van der Waals surface area contributed by atoms with Crippen LogP contribution >= 0.6 is 0 Å². The number of carbonyl (C=O) groups is 2. The number of amides is 1. The van der Waals surface area contributed by atoms with Crippen LogP contribution in [0.5, 0.6) is 11.5 Å². The molecule has 0 bridgehead atoms. The van der Waals surface area contributed by atoms with Crippen molar-refractivity contribution in [2.24, 2.45) is 5.92 Å². The summed E-state index contributed by atoms with van der Waals surface area (Å²) in [5.41, 5.74) is 1.30. The zero-order valence-corrected chi connectivity index (χ0v) is 23.4. The molecular formula is C31H42N2O5. The maximum absolute atomic E-state index is 13.3. The molecule has 7 nitrogen and oxygen atoms in total. The van der Waals surface area contributed by atoms with E-state index in [-0.39, 0.29) is 11.3 Å². The number of aliphatic hydroxyl groups excluding tert-OH is 1. The van der Waals surface area contributed by atoms with Gasteiger partial charge in [-0.1, -0.05) is 39.8 Å². The first-order valence-corrected chi connectivity index (χ1v) is 13.8. The summed E-state index contributed by atoms with van der Waals surface area (Å²) in [4.78, 5) is 30.5. The second-order valence-corrected chi connectivity index (χ2v) is 9.93. The number of aliphatic hydroxyl groups is 1. The van der Waals surface area contributed by atoms with Crippen LogP contribution in [0.3, 0.4) is 0 Å². The van der Waals surface area contributed by atoms with Crippen LogP contribution in [0.25, 0.3) is 5.76 Å². The molecule has 1 fully saturated rings. The molecule has 2 aromatic carbocycles. The van der Waals surface area contributed by atoms with Crippen LogP contribution in [-0.4, -0.2) is 66.0 Å². The van der Waals surface area contributed by atoms with Crippen molar-refractivity contribution in [2.75, 3.05) is 39.4 Å². The minimum Gasteiger partial charge on any atom is -0.507 e. The lowest BCUT2D eigenvalue weighted by Gasteiger charge is -2.27. The number of nitrogens with zero attached hydrogens (tertiary/aromatic N) is 2. The average molecular weight is 523 g/mol. The molecule has 38 heavy (non-hydrogen) atoms. The SMILES string of the molecule is CCOc1ccc(/C(O)=C2\C(=O)C(=O)N(CCCN(CC)CC)C2c2cccc(OCCC(C)C)c2)cc1. The van der Waals surface area contributed by atoms with E-state index in [1.807, 2.05) is 31.2 Å². The van der Waals surface area contributed by atoms with Crippen LogP contribution in [0, 0.1) is 5.92 Å². The molecule has 1 unspecified atom stereocenters. The lowest BCUT2D eigenvalue weighted by molar-refractivity contribution is -0.140. The van der Waals surface area contributed by atoms with Crippen LogP contribution < -0.4 is 9.47 Å². The van der Waals surface area contributed by atoms with Gasteiger partial charge in [-0.3, -0.25) is 9.59 Å². The highest BCUT2D eigenvalue weighted by Gasteiger charge is 2.45. The van der Waals surface area contributed by atoms with Crippen LogP contribution in [0.4, 0.5) is 0 Å². The summed E-state index contributed by atoms with van der Waals surface area (Å²) in [6.07, 6.45) is 1.64. The molecule has 2 aromatic rings. The van der Waals surface area contributed by atoms with E-state index in [9.17, 15) is 14.7 Å². The second-order valence-electron chi connectivity index (χ2n) is 9.93. The van der Waals surface area contributed by atoms with Gasteiger partial charge in [0.15, 0.2) is 0 Å². The molecule has 3 rings (SSSR count). The van der Waals surface area contributed by atoms with E-state index in [1.54, 1.807) is 29.2 Å². The topological polar surface area (TPSA) is 79.3 Å². The van der Waals surface area contributed by atoms with Gasteiger partial charge in [-0.05, 0) is 87.3 Å². The number of ketones is 1. The van der Waals surface area contributed by atoms with Crippen molar-refractivity contribution in [1.29, 1.82) is 0 Å². The Balaban J connectivity index is 1.99. The van der Waals surface area contributed by atoms with Crippen molar-refractivity contribution in [1.82, 2.24) is 9.80 Å². The molecular weight excluding hydrogens is 480 g/mol. The normalized spacial score (nSPS) is 17.0. The van der Waals surface area contributed by atoms with Gasteiger partial charge in [0.1, 0.15) is 17.3 Å². The van der Waals surface area contributed by atoms with Gasteiger partial charge in [0.25, 0.3) is 11.7 Å². The largest absolute Gasteiger partial charge is 0.507 e. The molecule has 1 amide bonds. The molecule has 1 N–H and O–H groups in total. The lowest BCUT2D eigenvalue weighted by Crippen LogP contribution is -2.33. The fourth-order valence-electron chi connectivity index (χ4n) is 4.68. The van der Waals surface area contributed by atoms with E-state index in [4.69, 9.17) is 9.47 Å². The Labute approximate surface area is 227 Å². The van der Waals surface area contributed by atoms with Crippen molar-refractivity contribution in [3.05, 3.63) is 65.2 Å². The Morgan fingerprint density at radius 3 is 2.34 bits per heavy atom. The maximum Gasteiger partial charge on any atom is 0.295 e. The molecule has 1 saturated heterocycles. The number of likely N-dealkylation sites (tertiary alicyclic amines) is 1. The number of rotatable bonds is 14. The van der Waals surface area contributed by atoms with Gasteiger partial charge in [0.05, 0.1) is 24.8 Å². The third kappa shape index (κ3) is 7.16. The molecule has 0 radical (unpaired) electrons. The van der Waals surface area contributed by atoms with E-state index >= 15 is 0 Å². The highest BCUT2D eigenvalue weighted by atomic mass is 16.5. The first kappa shape index (κ1) is 29.2. The smallest absolute Gasteiger partial charge is 0.295 e. The van der Waals surface area contributed by atoms with Gasteiger partial charge in [-0.15, -0.1) is 0 Å². The minimum absolute atomic E-state index is 0.0985. The Morgan fingerprint density at radius 1 is 1.00 bits per heavy atom. The summed E-state index contributed by atoms with van der Waals surface area (Å²) in [6.45, 7) is 14.6. The first-order chi connectivity index (χ1) is 18.3. The molecule has 1 aliphatic heterocycles. The van der Waals surface area contributed by atoms with Crippen LogP contribution in [0.2, 0.25) is 0 Å². The van der Waals surface area contributed by atoms with E-state index in [0.717, 1.165) is 38.0 Å². The summed E-state index contributed by atoms with van der Waals surface area (Å²) >= 11 is 0. The molecule has 1 atom stereocenters. The van der Waals surface area contributed by atoms with E-state index in [1.165, 1.54) is 0 Å². The molecule has 1 heterocycles. The van der Waals surface area contributed by atoms with Crippen LogP contribution in [0.15, 0.2) is 54.1 Å². The van der Waals surface area contributed by atoms with Crippen molar-refractivity contribution in [3.8, 4) is 11.5 Å². The average Bonchev–Trinajstić information content (AvgIpc) is 3.16. The van der Waals surface area contributed by atoms with Crippen molar-refractivity contribution in [2.45, 2.75) is 53.5 Å². The summed E-state index contributed by atoms with van der Waals surface area (Å²) in [7, 11) is 0. The number of hydrogen-bond acceptors (Lipinski definition) is 6. The zero-order valence-electron chi connectivity index (χ0n) is 23.4. The minimum atomic E-state index is -0.702. The fraction of sp³-hybridized carbons (Fsp3) is 0.484. The number of carbonyl (C=O) groups excluding carboxylic acids is 2. The molecule has 0 aliphatic carbocycles. The monoisotopic (exact) mass is 522 g/mol. The number of ether oxygens (including phenoxy) is 2. The summed E-state index contributed by atoms with van der Waals surface area (Å²) in [5.74, 6) is 0.420. The lowest BCUT2D eigenvalue weighted by atomic mass is 9.95. The summed E-state index contributed by atoms with van der Waals surface area (Å²) in [6, 6.07) is 13.7. The summed E-state index contributed by atoms with van der Waals surface area (Å²) in [5, 5.41) is 11.3. The van der Waals surface area contributed by atoms with Gasteiger partial charge >= 0.3 is 0 Å². The van der Waals surface area contributed by atoms with Crippen molar-refractivity contribution in [3.63, 3.8) is 0 Å². The van der Waals surface area contributed by atoms with Crippen molar-refractivity contribution < 1.29 is 24.2 Å². The molecule has 1 aliphatic rings. The van der Waals surface area contributed by atoms with Crippen LogP contribution in [-0.2, 0) is 9.59 Å². The van der Waals surface area contributed by atoms with E-state index in [2.05, 4.69) is 32.6 Å². The summed E-state index contributed by atoms with van der Waals surface area (Å²) < 4.78 is 11.5. The zero-order chi connectivity index (χ0) is 27.7. The van der Waals surface area contributed by atoms with Gasteiger partial charge in [-0.2, -0.15) is 0 Å². The van der Waals surface area contributed by atoms with E-state index < -0.39 is 17.7 Å². The second kappa shape index (κ2) is 14.0. The van der Waals surface area contributed by atoms with Crippen molar-refractivity contribution >= 4 is 17.4 Å². The number of hydrogen-bond donors (Lipinski definition) is 1. The molecule has 7 heteroatoms. The van der Waals surface area contributed by atoms with Gasteiger partial charge < -0.3 is 24.4 Å². The molecule has 0 spiro atoms. The van der Waals surface area contributed by atoms with Gasteiger partial charge in [-0.25, -0.2) is 0 Å². The van der Waals surface area contributed by atoms with E-state index in [0.29, 0.717) is 42.7 Å². The number of benzene rings is 2. The Hall–Kier alpha value is -3.32. The first-order valence-electron chi connectivity index (χ1n) is 13.8. The standard InChI is InChI=1S/C31H42N2O5/c1-6-32(7-2)18-10-19-33-28(24-11-9-12-26(21-24)38-20-17-22(4)5)27(30(35)31(33)36)29(34)23-13-15-25(16-14-23)37-8-3/h9,11-16,21-22,28,34H,6-8,10,17-20H2,1-5H3/b29-27+. The molecule has 0 aromatic heterocycles. The van der Waals surface area contributed by atoms with Gasteiger partial charge in [0, 0.05) is 12.1 Å². The Morgan fingerprint density at radius 2 is 1.71 bits per heavy atom. The van der Waals surface area contributed by atoms with Crippen LogP contribution in [0.1, 0.15) is 64.6 Å². The highest BCUT2D eigenvalue weighted by molar-refractivity contribution is 6.46.